The lowest BCUT2D eigenvalue weighted by Gasteiger charge is -2.34. The number of ketones is 1. The van der Waals surface area contributed by atoms with Gasteiger partial charge in [-0.25, -0.2) is 0 Å². The molecule has 0 aromatic heterocycles. The summed E-state index contributed by atoms with van der Waals surface area (Å²) < 4.78 is 0. The maximum atomic E-state index is 11.4. The summed E-state index contributed by atoms with van der Waals surface area (Å²) in [5, 5.41) is 3.46. The number of nitrogens with two attached hydrogens (primary N) is 1. The molecule has 0 aliphatic carbocycles. The molecule has 92 valence electrons. The van der Waals surface area contributed by atoms with Crippen molar-refractivity contribution in [1.82, 2.24) is 5.32 Å². The van der Waals surface area contributed by atoms with Crippen molar-refractivity contribution in [3.63, 3.8) is 0 Å². The zero-order valence-electron chi connectivity index (χ0n) is 10.4. The number of carbonyl (C=O) groups is 1. The van der Waals surface area contributed by atoms with Crippen LogP contribution in [0.1, 0.15) is 42.2 Å². The fourth-order valence-electron chi connectivity index (χ4n) is 2.57. The molecule has 1 aliphatic rings. The Bertz CT molecular complexity index is 416. The first kappa shape index (κ1) is 12.3. The van der Waals surface area contributed by atoms with Crippen molar-refractivity contribution < 1.29 is 4.79 Å². The molecule has 1 saturated heterocycles. The van der Waals surface area contributed by atoms with E-state index in [1.807, 2.05) is 18.2 Å². The number of piperidine rings is 1. The van der Waals surface area contributed by atoms with Crippen molar-refractivity contribution >= 4 is 5.78 Å². The van der Waals surface area contributed by atoms with Gasteiger partial charge in [0.15, 0.2) is 5.78 Å². The summed E-state index contributed by atoms with van der Waals surface area (Å²) >= 11 is 0. The summed E-state index contributed by atoms with van der Waals surface area (Å²) in [5.74, 6) is 0.618. The highest BCUT2D eigenvalue weighted by molar-refractivity contribution is 5.94. The first-order valence-corrected chi connectivity index (χ1v) is 6.18. The number of rotatable bonds is 2. The van der Waals surface area contributed by atoms with E-state index >= 15 is 0 Å². The molecular formula is C14H20N2O. The highest BCUT2D eigenvalue weighted by atomic mass is 16.1. The van der Waals surface area contributed by atoms with Gasteiger partial charge in [-0.3, -0.25) is 4.79 Å². The molecule has 3 unspecified atom stereocenters. The number of hydrogen-bond acceptors (Lipinski definition) is 3. The predicted octanol–water partition coefficient (Wildman–Crippen LogP) is 1.89. The largest absolute Gasteiger partial charge is 0.327 e. The molecule has 3 heteroatoms. The fraction of sp³-hybridized carbons (Fsp3) is 0.500. The third-order valence-corrected chi connectivity index (χ3v) is 3.50. The Morgan fingerprint density at radius 1 is 1.47 bits per heavy atom. The van der Waals surface area contributed by atoms with Gasteiger partial charge in [0.05, 0.1) is 0 Å². The lowest BCUT2D eigenvalue weighted by atomic mass is 9.85. The van der Waals surface area contributed by atoms with Crippen LogP contribution in [0.3, 0.4) is 0 Å². The lowest BCUT2D eigenvalue weighted by Crippen LogP contribution is -2.45. The number of nitrogens with one attached hydrogen (secondary N) is 1. The second-order valence-corrected chi connectivity index (χ2v) is 5.04. The molecule has 3 N–H and O–H groups in total. The van der Waals surface area contributed by atoms with Crippen molar-refractivity contribution in [2.75, 3.05) is 6.54 Å². The van der Waals surface area contributed by atoms with E-state index in [1.165, 1.54) is 5.56 Å². The van der Waals surface area contributed by atoms with Gasteiger partial charge < -0.3 is 11.1 Å². The molecule has 0 radical (unpaired) electrons. The summed E-state index contributed by atoms with van der Waals surface area (Å²) in [5.41, 5.74) is 7.90. The SMILES string of the molecule is CC(=O)c1cccc(C2NCC(N)CC2C)c1. The van der Waals surface area contributed by atoms with Crippen LogP contribution in [-0.4, -0.2) is 18.4 Å². The molecule has 3 atom stereocenters. The topological polar surface area (TPSA) is 55.1 Å². The first-order chi connectivity index (χ1) is 8.08. The van der Waals surface area contributed by atoms with Crippen LogP contribution in [0.4, 0.5) is 0 Å². The van der Waals surface area contributed by atoms with E-state index in [-0.39, 0.29) is 11.8 Å². The number of benzene rings is 1. The van der Waals surface area contributed by atoms with Gasteiger partial charge in [0.1, 0.15) is 0 Å². The Kier molecular flexibility index (Phi) is 3.60. The smallest absolute Gasteiger partial charge is 0.159 e. The highest BCUT2D eigenvalue weighted by Crippen LogP contribution is 2.28. The van der Waals surface area contributed by atoms with E-state index in [1.54, 1.807) is 6.92 Å². The van der Waals surface area contributed by atoms with Crippen LogP contribution in [0.15, 0.2) is 24.3 Å². The monoisotopic (exact) mass is 232 g/mol. The van der Waals surface area contributed by atoms with E-state index in [0.29, 0.717) is 12.0 Å². The van der Waals surface area contributed by atoms with E-state index in [4.69, 9.17) is 5.73 Å². The molecule has 3 nitrogen and oxygen atoms in total. The Morgan fingerprint density at radius 2 is 2.24 bits per heavy atom. The van der Waals surface area contributed by atoms with Crippen LogP contribution in [0.5, 0.6) is 0 Å². The predicted molar refractivity (Wildman–Crippen MR) is 68.9 cm³/mol. The second kappa shape index (κ2) is 4.98. The minimum Gasteiger partial charge on any atom is -0.327 e. The molecule has 0 amide bonds. The van der Waals surface area contributed by atoms with Crippen LogP contribution >= 0.6 is 0 Å². The summed E-state index contributed by atoms with van der Waals surface area (Å²) in [4.78, 5) is 11.4. The highest BCUT2D eigenvalue weighted by Gasteiger charge is 2.26. The third kappa shape index (κ3) is 2.73. The van der Waals surface area contributed by atoms with Gasteiger partial charge in [-0.2, -0.15) is 0 Å². The minimum atomic E-state index is 0.118. The molecule has 1 fully saturated rings. The van der Waals surface area contributed by atoms with E-state index in [2.05, 4.69) is 18.3 Å². The van der Waals surface area contributed by atoms with Gasteiger partial charge in [0.2, 0.25) is 0 Å². The zero-order valence-corrected chi connectivity index (χ0v) is 10.4. The quantitative estimate of drug-likeness (QED) is 0.766. The molecule has 0 spiro atoms. The van der Waals surface area contributed by atoms with Gasteiger partial charge in [-0.1, -0.05) is 25.1 Å². The molecule has 0 saturated carbocycles. The van der Waals surface area contributed by atoms with E-state index < -0.39 is 0 Å². The molecule has 1 aliphatic heterocycles. The average molecular weight is 232 g/mol. The van der Waals surface area contributed by atoms with Crippen molar-refractivity contribution in [3.8, 4) is 0 Å². The molecule has 17 heavy (non-hydrogen) atoms. The Hall–Kier alpha value is -1.19. The Morgan fingerprint density at radius 3 is 2.88 bits per heavy atom. The van der Waals surface area contributed by atoms with Gasteiger partial charge in [-0.15, -0.1) is 0 Å². The lowest BCUT2D eigenvalue weighted by molar-refractivity contribution is 0.101. The van der Waals surface area contributed by atoms with Gasteiger partial charge in [0, 0.05) is 24.2 Å². The van der Waals surface area contributed by atoms with E-state index in [0.717, 1.165) is 18.5 Å². The van der Waals surface area contributed by atoms with Crippen LogP contribution < -0.4 is 11.1 Å². The summed E-state index contributed by atoms with van der Waals surface area (Å²) in [7, 11) is 0. The van der Waals surface area contributed by atoms with Crippen molar-refractivity contribution in [1.29, 1.82) is 0 Å². The van der Waals surface area contributed by atoms with Gasteiger partial charge in [-0.05, 0) is 30.9 Å². The average Bonchev–Trinajstić information content (AvgIpc) is 2.29. The minimum absolute atomic E-state index is 0.118. The number of carbonyl (C=O) groups excluding carboxylic acids is 1. The molecular weight excluding hydrogens is 212 g/mol. The van der Waals surface area contributed by atoms with Crippen LogP contribution in [0.25, 0.3) is 0 Å². The molecule has 1 heterocycles. The maximum Gasteiger partial charge on any atom is 0.159 e. The van der Waals surface area contributed by atoms with E-state index in [9.17, 15) is 4.79 Å². The van der Waals surface area contributed by atoms with Gasteiger partial charge in [0.25, 0.3) is 0 Å². The summed E-state index contributed by atoms with van der Waals surface area (Å²) in [6.07, 6.45) is 1.03. The Balaban J connectivity index is 2.22. The summed E-state index contributed by atoms with van der Waals surface area (Å²) in [6, 6.07) is 8.46. The third-order valence-electron chi connectivity index (χ3n) is 3.50. The fourth-order valence-corrected chi connectivity index (χ4v) is 2.57. The van der Waals surface area contributed by atoms with Crippen LogP contribution in [0, 0.1) is 5.92 Å². The molecule has 2 rings (SSSR count). The van der Waals surface area contributed by atoms with Crippen molar-refractivity contribution in [2.45, 2.75) is 32.4 Å². The molecule has 1 aromatic rings. The van der Waals surface area contributed by atoms with Gasteiger partial charge >= 0.3 is 0 Å². The van der Waals surface area contributed by atoms with Crippen LogP contribution in [0.2, 0.25) is 0 Å². The molecule has 1 aromatic carbocycles. The molecule has 0 bridgehead atoms. The number of Topliss-reactive ketones (excluding diaryl/α,β-unsaturated/α-hetero) is 1. The van der Waals surface area contributed by atoms with Crippen molar-refractivity contribution in [3.05, 3.63) is 35.4 Å². The summed E-state index contributed by atoms with van der Waals surface area (Å²) in [6.45, 7) is 4.66. The first-order valence-electron chi connectivity index (χ1n) is 6.18. The standard InChI is InChI=1S/C14H20N2O/c1-9-6-13(15)8-16-14(9)12-5-3-4-11(7-12)10(2)17/h3-5,7,9,13-14,16H,6,8,15H2,1-2H3. The number of hydrogen-bond donors (Lipinski definition) is 2. The maximum absolute atomic E-state index is 11.4. The zero-order chi connectivity index (χ0) is 12.4. The normalized spacial score (nSPS) is 29.0. The Labute approximate surface area is 102 Å². The second-order valence-electron chi connectivity index (χ2n) is 5.04. The van der Waals surface area contributed by atoms with Crippen LogP contribution in [-0.2, 0) is 0 Å². The van der Waals surface area contributed by atoms with Crippen molar-refractivity contribution in [2.24, 2.45) is 11.7 Å².